The highest BCUT2D eigenvalue weighted by molar-refractivity contribution is 6.31. The van der Waals surface area contributed by atoms with Crippen LogP contribution in [-0.4, -0.2) is 76.1 Å². The van der Waals surface area contributed by atoms with Gasteiger partial charge in [-0.2, -0.15) is 0 Å². The molecule has 3 fully saturated rings. The molecule has 3 saturated heterocycles. The number of benzene rings is 2. The number of hydrogen-bond donors (Lipinski definition) is 2. The molecule has 0 saturated carbocycles. The molecular weight excluding hydrogens is 517 g/mol. The predicted octanol–water partition coefficient (Wildman–Crippen LogP) is 2.52. The number of aliphatic hydroxyl groups is 1. The Bertz CT molecular complexity index is 1210. The number of nitrogens with two attached hydrogens (primary N) is 1. The number of hydrogen-bond acceptors (Lipinski definition) is 6. The smallest absolute Gasteiger partial charge is 0.261 e. The number of β-amino-alcohol motifs (C(OH)–C–C–N with tert-alkyl or cyclic N) is 1. The van der Waals surface area contributed by atoms with E-state index in [1.165, 1.54) is 29.2 Å². The van der Waals surface area contributed by atoms with Crippen molar-refractivity contribution in [2.75, 3.05) is 13.2 Å². The zero-order valence-corrected chi connectivity index (χ0v) is 21.4. The third-order valence-corrected chi connectivity index (χ3v) is 7.72. The zero-order valence-electron chi connectivity index (χ0n) is 20.6. The lowest BCUT2D eigenvalue weighted by atomic mass is 9.99. The molecule has 0 radical (unpaired) electrons. The van der Waals surface area contributed by atoms with E-state index in [-0.39, 0.29) is 65.8 Å². The van der Waals surface area contributed by atoms with E-state index in [4.69, 9.17) is 26.8 Å². The van der Waals surface area contributed by atoms with Crippen LogP contribution >= 0.6 is 11.6 Å². The molecule has 0 aliphatic carbocycles. The molecule has 2 aromatic carbocycles. The number of primary amides is 1. The molecule has 9 nitrogen and oxygen atoms in total. The Balaban J connectivity index is 1.24. The summed E-state index contributed by atoms with van der Waals surface area (Å²) in [4.78, 5) is 41.4. The second-order valence-electron chi connectivity index (χ2n) is 10.0. The van der Waals surface area contributed by atoms with E-state index in [2.05, 4.69) is 0 Å². The van der Waals surface area contributed by atoms with E-state index in [1.807, 2.05) is 4.90 Å². The number of halogens is 2. The Labute approximate surface area is 224 Å². The maximum atomic E-state index is 13.3. The standard InChI is InChI=1S/C27H29ClFN3O6/c28-15-1-8-24(22(9-15)27(36)31-13-19(33)12-23(31)26(30)35)37-14-25(34)32-17-4-5-18(32)11-21(10-17)38-20-6-2-16(29)3-7-20/h1-3,6-9,17-19,21,23,33H,4-5,10-14H2,(H2,30,35)/t17-,18+,19-,21?,23-/m0/s1. The molecule has 1 unspecified atom stereocenters. The highest BCUT2D eigenvalue weighted by Crippen LogP contribution is 2.37. The van der Waals surface area contributed by atoms with Gasteiger partial charge in [-0.3, -0.25) is 14.4 Å². The van der Waals surface area contributed by atoms with Crippen molar-refractivity contribution < 1.29 is 33.4 Å². The molecule has 5 rings (SSSR count). The molecule has 3 N–H and O–H groups in total. The lowest BCUT2D eigenvalue weighted by molar-refractivity contribution is -0.139. The average Bonchev–Trinajstić information content (AvgIpc) is 3.41. The SMILES string of the molecule is NC(=O)[C@@H]1C[C@H](O)CN1C(=O)c1cc(Cl)ccc1OCC(=O)N1[C@@H]2CC[C@H]1CC(Oc1ccc(F)cc1)C2. The van der Waals surface area contributed by atoms with E-state index < -0.39 is 24.0 Å². The second kappa shape index (κ2) is 10.8. The highest BCUT2D eigenvalue weighted by Gasteiger charge is 2.44. The fraction of sp³-hybridized carbons (Fsp3) is 0.444. The van der Waals surface area contributed by atoms with Crippen LogP contribution in [0.15, 0.2) is 42.5 Å². The monoisotopic (exact) mass is 545 g/mol. The van der Waals surface area contributed by atoms with Gasteiger partial charge in [0.15, 0.2) is 6.61 Å². The van der Waals surface area contributed by atoms with Crippen LogP contribution in [-0.2, 0) is 9.59 Å². The third kappa shape index (κ3) is 5.42. The predicted molar refractivity (Wildman–Crippen MR) is 135 cm³/mol. The van der Waals surface area contributed by atoms with Gasteiger partial charge in [0.2, 0.25) is 5.91 Å². The van der Waals surface area contributed by atoms with Gasteiger partial charge in [0, 0.05) is 42.9 Å². The molecule has 3 aliphatic heterocycles. The molecule has 202 valence electrons. The summed E-state index contributed by atoms with van der Waals surface area (Å²) in [6.45, 7) is -0.324. The minimum absolute atomic E-state index is 0.00373. The van der Waals surface area contributed by atoms with E-state index in [0.717, 1.165) is 12.8 Å². The molecule has 0 aromatic heterocycles. The summed E-state index contributed by atoms with van der Waals surface area (Å²) in [5.41, 5.74) is 5.51. The Morgan fingerprint density at radius 1 is 1.05 bits per heavy atom. The first-order chi connectivity index (χ1) is 18.2. The van der Waals surface area contributed by atoms with Crippen molar-refractivity contribution in [1.82, 2.24) is 9.80 Å². The molecule has 3 amide bonds. The number of piperidine rings is 1. The second-order valence-corrected chi connectivity index (χ2v) is 10.5. The topological polar surface area (TPSA) is 122 Å². The van der Waals surface area contributed by atoms with Crippen LogP contribution in [0.4, 0.5) is 4.39 Å². The summed E-state index contributed by atoms with van der Waals surface area (Å²) in [5.74, 6) is -1.04. The van der Waals surface area contributed by atoms with Crippen LogP contribution in [0.5, 0.6) is 11.5 Å². The number of nitrogens with zero attached hydrogens (tertiary/aromatic N) is 2. The van der Waals surface area contributed by atoms with Crippen molar-refractivity contribution in [3.8, 4) is 11.5 Å². The van der Waals surface area contributed by atoms with Crippen molar-refractivity contribution >= 4 is 29.3 Å². The molecule has 5 atom stereocenters. The first kappa shape index (κ1) is 26.2. The molecule has 0 spiro atoms. The van der Waals surface area contributed by atoms with Gasteiger partial charge in [0.25, 0.3) is 11.8 Å². The summed E-state index contributed by atoms with van der Waals surface area (Å²) < 4.78 is 25.1. The van der Waals surface area contributed by atoms with Crippen molar-refractivity contribution in [2.24, 2.45) is 5.73 Å². The first-order valence-electron chi connectivity index (χ1n) is 12.6. The Morgan fingerprint density at radius 2 is 1.74 bits per heavy atom. The van der Waals surface area contributed by atoms with Crippen molar-refractivity contribution in [2.45, 2.75) is 62.4 Å². The minimum Gasteiger partial charge on any atom is -0.490 e. The lowest BCUT2D eigenvalue weighted by Gasteiger charge is -2.38. The van der Waals surface area contributed by atoms with Gasteiger partial charge in [-0.1, -0.05) is 11.6 Å². The first-order valence-corrected chi connectivity index (χ1v) is 13.0. The number of carbonyl (C=O) groups is 3. The average molecular weight is 546 g/mol. The summed E-state index contributed by atoms with van der Waals surface area (Å²) >= 11 is 6.13. The van der Waals surface area contributed by atoms with Crippen LogP contribution in [0.3, 0.4) is 0 Å². The maximum Gasteiger partial charge on any atom is 0.261 e. The summed E-state index contributed by atoms with van der Waals surface area (Å²) in [5, 5.41) is 10.3. The highest BCUT2D eigenvalue weighted by atomic mass is 35.5. The van der Waals surface area contributed by atoms with Gasteiger partial charge in [0.05, 0.1) is 11.7 Å². The van der Waals surface area contributed by atoms with Gasteiger partial charge < -0.3 is 30.1 Å². The van der Waals surface area contributed by atoms with E-state index in [0.29, 0.717) is 18.6 Å². The molecule has 3 aliphatic rings. The van der Waals surface area contributed by atoms with E-state index in [9.17, 15) is 23.9 Å². The molecule has 2 aromatic rings. The van der Waals surface area contributed by atoms with Gasteiger partial charge in [-0.25, -0.2) is 4.39 Å². The number of rotatable bonds is 7. The van der Waals surface area contributed by atoms with Gasteiger partial charge >= 0.3 is 0 Å². The van der Waals surface area contributed by atoms with Crippen molar-refractivity contribution in [1.29, 1.82) is 0 Å². The molecule has 2 bridgehead atoms. The summed E-state index contributed by atoms with van der Waals surface area (Å²) in [7, 11) is 0. The van der Waals surface area contributed by atoms with Crippen LogP contribution < -0.4 is 15.2 Å². The van der Waals surface area contributed by atoms with Gasteiger partial charge in [-0.15, -0.1) is 0 Å². The maximum absolute atomic E-state index is 13.3. The Morgan fingerprint density at radius 3 is 2.39 bits per heavy atom. The minimum atomic E-state index is -0.944. The van der Waals surface area contributed by atoms with Crippen LogP contribution in [0.1, 0.15) is 42.5 Å². The Hall–Kier alpha value is -3.37. The van der Waals surface area contributed by atoms with E-state index >= 15 is 0 Å². The largest absolute Gasteiger partial charge is 0.490 e. The molecule has 3 heterocycles. The third-order valence-electron chi connectivity index (χ3n) is 7.49. The van der Waals surface area contributed by atoms with Crippen molar-refractivity contribution in [3.05, 3.63) is 58.9 Å². The van der Waals surface area contributed by atoms with Crippen LogP contribution in [0.2, 0.25) is 5.02 Å². The number of carbonyl (C=O) groups excluding carboxylic acids is 3. The molecule has 38 heavy (non-hydrogen) atoms. The van der Waals surface area contributed by atoms with Crippen LogP contribution in [0.25, 0.3) is 0 Å². The molecular formula is C27H29ClFN3O6. The van der Waals surface area contributed by atoms with Crippen molar-refractivity contribution in [3.63, 3.8) is 0 Å². The fourth-order valence-electron chi connectivity index (χ4n) is 5.81. The number of fused-ring (bicyclic) bond motifs is 2. The quantitative estimate of drug-likeness (QED) is 0.551. The van der Waals surface area contributed by atoms with E-state index in [1.54, 1.807) is 18.2 Å². The van der Waals surface area contributed by atoms with Crippen LogP contribution in [0, 0.1) is 5.82 Å². The lowest BCUT2D eigenvalue weighted by Crippen LogP contribution is -2.50. The zero-order chi connectivity index (χ0) is 27.0. The summed E-state index contributed by atoms with van der Waals surface area (Å²) in [6.07, 6.45) is 2.16. The number of likely N-dealkylation sites (tertiary alicyclic amines) is 1. The number of ether oxygens (including phenoxy) is 2. The normalized spacial score (nSPS) is 26.3. The number of aliphatic hydroxyl groups excluding tert-OH is 1. The number of amides is 3. The van der Waals surface area contributed by atoms with Gasteiger partial charge in [-0.05, 0) is 55.3 Å². The van der Waals surface area contributed by atoms with Gasteiger partial charge in [0.1, 0.15) is 29.5 Å². The fourth-order valence-corrected chi connectivity index (χ4v) is 5.98. The molecule has 11 heteroatoms. The summed E-state index contributed by atoms with van der Waals surface area (Å²) in [6, 6.07) is 9.44. The Kier molecular flexibility index (Phi) is 7.45.